The first-order valence-electron chi connectivity index (χ1n) is 6.18. The molecule has 0 fully saturated rings. The van der Waals surface area contributed by atoms with Crippen molar-refractivity contribution >= 4 is 33.9 Å². The molecule has 0 atom stereocenters. The summed E-state index contributed by atoms with van der Waals surface area (Å²) in [5.74, 6) is -0.231. The van der Waals surface area contributed by atoms with Crippen molar-refractivity contribution in [2.45, 2.75) is 6.42 Å². The van der Waals surface area contributed by atoms with E-state index in [1.54, 1.807) is 24.5 Å². The third-order valence-electron chi connectivity index (χ3n) is 2.63. The van der Waals surface area contributed by atoms with Gasteiger partial charge < -0.3 is 10.1 Å². The quantitative estimate of drug-likeness (QED) is 0.567. The standard InChI is InChI=1S/C13H15FIN3OS/c1-19-7-6-16-5-4-12-17-18-13(20-12)10-3-2-9(14)8-11(10)15/h2-3,8,16H,4-7H2,1H3. The molecule has 0 unspecified atom stereocenters. The second-order valence-electron chi connectivity index (χ2n) is 4.12. The van der Waals surface area contributed by atoms with Crippen LogP contribution < -0.4 is 5.32 Å². The molecule has 0 aliphatic heterocycles. The molecular weight excluding hydrogens is 392 g/mol. The van der Waals surface area contributed by atoms with Gasteiger partial charge in [0.2, 0.25) is 0 Å². The molecular formula is C13H15FIN3OS. The van der Waals surface area contributed by atoms with Crippen LogP contribution in [0.4, 0.5) is 4.39 Å². The van der Waals surface area contributed by atoms with Crippen LogP contribution in [0, 0.1) is 9.39 Å². The lowest BCUT2D eigenvalue weighted by molar-refractivity contribution is 0.199. The van der Waals surface area contributed by atoms with Crippen LogP contribution in [0.1, 0.15) is 5.01 Å². The molecule has 2 aromatic rings. The Morgan fingerprint density at radius 2 is 2.20 bits per heavy atom. The minimum absolute atomic E-state index is 0.231. The van der Waals surface area contributed by atoms with Crippen LogP contribution in [-0.4, -0.2) is 37.0 Å². The Hall–Kier alpha value is -0.640. The summed E-state index contributed by atoms with van der Waals surface area (Å²) in [5, 5.41) is 13.4. The topological polar surface area (TPSA) is 47.0 Å². The number of nitrogens with zero attached hydrogens (tertiary/aromatic N) is 2. The maximum atomic E-state index is 13.1. The van der Waals surface area contributed by atoms with Crippen molar-refractivity contribution in [3.8, 4) is 10.6 Å². The highest BCUT2D eigenvalue weighted by molar-refractivity contribution is 14.1. The molecule has 1 aromatic carbocycles. The normalized spacial score (nSPS) is 10.9. The van der Waals surface area contributed by atoms with E-state index in [4.69, 9.17) is 4.74 Å². The first-order chi connectivity index (χ1) is 9.70. The van der Waals surface area contributed by atoms with E-state index >= 15 is 0 Å². The largest absolute Gasteiger partial charge is 0.383 e. The van der Waals surface area contributed by atoms with Crippen LogP contribution in [0.25, 0.3) is 10.6 Å². The molecule has 1 N–H and O–H groups in total. The number of ether oxygens (including phenoxy) is 1. The zero-order valence-electron chi connectivity index (χ0n) is 11.0. The zero-order valence-corrected chi connectivity index (χ0v) is 14.0. The number of rotatable bonds is 7. The van der Waals surface area contributed by atoms with Gasteiger partial charge in [-0.25, -0.2) is 4.39 Å². The Kier molecular flexibility index (Phi) is 6.27. The summed E-state index contributed by atoms with van der Waals surface area (Å²) in [6, 6.07) is 4.70. The molecule has 20 heavy (non-hydrogen) atoms. The lowest BCUT2D eigenvalue weighted by atomic mass is 10.2. The molecule has 0 radical (unpaired) electrons. The Morgan fingerprint density at radius 3 is 2.95 bits per heavy atom. The zero-order chi connectivity index (χ0) is 14.4. The van der Waals surface area contributed by atoms with Crippen molar-refractivity contribution in [1.29, 1.82) is 0 Å². The second kappa shape index (κ2) is 7.96. The lowest BCUT2D eigenvalue weighted by Gasteiger charge is -2.01. The Bertz CT molecular complexity index is 564. The van der Waals surface area contributed by atoms with Gasteiger partial charge in [0, 0.05) is 35.8 Å². The Morgan fingerprint density at radius 1 is 1.35 bits per heavy atom. The number of benzene rings is 1. The van der Waals surface area contributed by atoms with Crippen molar-refractivity contribution in [1.82, 2.24) is 15.5 Å². The van der Waals surface area contributed by atoms with E-state index in [1.807, 2.05) is 0 Å². The van der Waals surface area contributed by atoms with Crippen molar-refractivity contribution in [3.63, 3.8) is 0 Å². The van der Waals surface area contributed by atoms with Gasteiger partial charge >= 0.3 is 0 Å². The number of aromatic nitrogens is 2. The molecule has 0 aliphatic rings. The first kappa shape index (κ1) is 15.7. The summed E-state index contributed by atoms with van der Waals surface area (Å²) in [4.78, 5) is 0. The van der Waals surface area contributed by atoms with Crippen molar-refractivity contribution in [3.05, 3.63) is 32.6 Å². The number of hydrogen-bond acceptors (Lipinski definition) is 5. The fourth-order valence-corrected chi connectivity index (χ4v) is 3.42. The molecule has 2 rings (SSSR count). The van der Waals surface area contributed by atoms with Crippen molar-refractivity contribution in [2.75, 3.05) is 26.8 Å². The summed E-state index contributed by atoms with van der Waals surface area (Å²) in [6.45, 7) is 2.38. The first-order valence-corrected chi connectivity index (χ1v) is 8.07. The molecule has 7 heteroatoms. The number of nitrogens with one attached hydrogen (secondary N) is 1. The van der Waals surface area contributed by atoms with Crippen LogP contribution in [0.15, 0.2) is 18.2 Å². The molecule has 108 valence electrons. The minimum Gasteiger partial charge on any atom is -0.383 e. The SMILES string of the molecule is COCCNCCc1nnc(-c2ccc(F)cc2I)s1. The van der Waals surface area contributed by atoms with Gasteiger partial charge in [0.15, 0.2) is 0 Å². The summed E-state index contributed by atoms with van der Waals surface area (Å²) in [6.07, 6.45) is 0.832. The van der Waals surface area contributed by atoms with Gasteiger partial charge in [-0.1, -0.05) is 11.3 Å². The predicted octanol–water partition coefficient (Wildman–Crippen LogP) is 2.73. The lowest BCUT2D eigenvalue weighted by Crippen LogP contribution is -2.21. The molecule has 0 saturated carbocycles. The molecule has 1 heterocycles. The van der Waals surface area contributed by atoms with Crippen molar-refractivity contribution in [2.24, 2.45) is 0 Å². The van der Waals surface area contributed by atoms with Gasteiger partial charge in [0.05, 0.1) is 6.61 Å². The van der Waals surface area contributed by atoms with Gasteiger partial charge in [0.1, 0.15) is 15.8 Å². The van der Waals surface area contributed by atoms with Crippen LogP contribution in [0.3, 0.4) is 0 Å². The summed E-state index contributed by atoms with van der Waals surface area (Å²) >= 11 is 3.66. The Balaban J connectivity index is 1.95. The number of hydrogen-bond donors (Lipinski definition) is 1. The summed E-state index contributed by atoms with van der Waals surface area (Å²) in [7, 11) is 1.68. The van der Waals surface area contributed by atoms with E-state index in [9.17, 15) is 4.39 Å². The highest BCUT2D eigenvalue weighted by Gasteiger charge is 2.10. The average Bonchev–Trinajstić information content (AvgIpc) is 2.87. The molecule has 4 nitrogen and oxygen atoms in total. The van der Waals surface area contributed by atoms with E-state index in [2.05, 4.69) is 38.1 Å². The van der Waals surface area contributed by atoms with E-state index in [0.717, 1.165) is 38.7 Å². The second-order valence-corrected chi connectivity index (χ2v) is 6.34. The van der Waals surface area contributed by atoms with Crippen LogP contribution in [0.2, 0.25) is 0 Å². The predicted molar refractivity (Wildman–Crippen MR) is 86.5 cm³/mol. The van der Waals surface area contributed by atoms with Crippen LogP contribution in [-0.2, 0) is 11.2 Å². The van der Waals surface area contributed by atoms with Gasteiger partial charge in [-0.3, -0.25) is 0 Å². The highest BCUT2D eigenvalue weighted by atomic mass is 127. The Labute approximate surface area is 134 Å². The smallest absolute Gasteiger partial charge is 0.148 e. The number of halogens is 2. The highest BCUT2D eigenvalue weighted by Crippen LogP contribution is 2.28. The average molecular weight is 407 g/mol. The van der Waals surface area contributed by atoms with Gasteiger partial charge in [-0.05, 0) is 40.8 Å². The van der Waals surface area contributed by atoms with Gasteiger partial charge in [0.25, 0.3) is 0 Å². The molecule has 0 spiro atoms. The molecule has 0 bridgehead atoms. The van der Waals surface area contributed by atoms with E-state index in [1.165, 1.54) is 12.1 Å². The summed E-state index contributed by atoms with van der Waals surface area (Å²) < 4.78 is 18.9. The van der Waals surface area contributed by atoms with E-state index in [-0.39, 0.29) is 5.82 Å². The van der Waals surface area contributed by atoms with Gasteiger partial charge in [-0.15, -0.1) is 10.2 Å². The maximum absolute atomic E-state index is 13.1. The van der Waals surface area contributed by atoms with E-state index < -0.39 is 0 Å². The summed E-state index contributed by atoms with van der Waals surface area (Å²) in [5.41, 5.74) is 0.933. The number of methoxy groups -OCH3 is 1. The molecule has 0 saturated heterocycles. The van der Waals surface area contributed by atoms with Gasteiger partial charge in [-0.2, -0.15) is 0 Å². The molecule has 1 aromatic heterocycles. The third kappa shape index (κ3) is 4.44. The maximum Gasteiger partial charge on any atom is 0.148 e. The van der Waals surface area contributed by atoms with Crippen molar-refractivity contribution < 1.29 is 9.13 Å². The molecule has 0 aliphatic carbocycles. The van der Waals surface area contributed by atoms with Crippen LogP contribution >= 0.6 is 33.9 Å². The van der Waals surface area contributed by atoms with Crippen LogP contribution in [0.5, 0.6) is 0 Å². The minimum atomic E-state index is -0.231. The monoisotopic (exact) mass is 407 g/mol. The van der Waals surface area contributed by atoms with E-state index in [0.29, 0.717) is 6.61 Å². The third-order valence-corrected chi connectivity index (χ3v) is 4.54. The fraction of sp³-hybridized carbons (Fsp3) is 0.385. The fourth-order valence-electron chi connectivity index (χ4n) is 1.62. The molecule has 0 amide bonds.